The lowest BCUT2D eigenvalue weighted by atomic mass is 9.99. The molecule has 1 aliphatic rings. The van der Waals surface area contributed by atoms with Crippen molar-refractivity contribution in [2.45, 2.75) is 39.3 Å². The van der Waals surface area contributed by atoms with Crippen molar-refractivity contribution in [2.75, 3.05) is 30.0 Å². The van der Waals surface area contributed by atoms with Crippen LogP contribution in [0.2, 0.25) is 0 Å². The molecule has 1 aromatic carbocycles. The van der Waals surface area contributed by atoms with E-state index in [0.29, 0.717) is 6.04 Å². The second kappa shape index (κ2) is 7.94. The molecule has 0 saturated heterocycles. The molecular weight excluding hydrogens is 264 g/mol. The number of hydrogen-bond donors (Lipinski definition) is 1. The molecule has 0 fully saturated rings. The monoisotopic (exact) mass is 292 g/mol. The van der Waals surface area contributed by atoms with Crippen molar-refractivity contribution in [3.05, 3.63) is 29.8 Å². The quantitative estimate of drug-likeness (QED) is 0.804. The number of hydrogen-bond acceptors (Lipinski definition) is 3. The molecule has 2 atom stereocenters. The molecule has 0 radical (unpaired) electrons. The van der Waals surface area contributed by atoms with E-state index >= 15 is 0 Å². The molecule has 3 heteroatoms. The van der Waals surface area contributed by atoms with Crippen LogP contribution in [0, 0.1) is 5.92 Å². The average Bonchev–Trinajstić information content (AvgIpc) is 2.67. The third-order valence-electron chi connectivity index (χ3n) is 4.41. The SMILES string of the molecule is CCC(C)C1CN(CCCSC)c2ccccc2CN1. The predicted octanol–water partition coefficient (Wildman–Crippen LogP) is 3.76. The summed E-state index contributed by atoms with van der Waals surface area (Å²) in [7, 11) is 0. The number of fused-ring (bicyclic) bond motifs is 1. The van der Waals surface area contributed by atoms with Gasteiger partial charge in [0.15, 0.2) is 0 Å². The number of benzene rings is 1. The molecule has 0 aromatic heterocycles. The predicted molar refractivity (Wildman–Crippen MR) is 91.7 cm³/mol. The maximum atomic E-state index is 3.76. The van der Waals surface area contributed by atoms with Gasteiger partial charge in [0, 0.05) is 31.4 Å². The van der Waals surface area contributed by atoms with Gasteiger partial charge < -0.3 is 10.2 Å². The van der Waals surface area contributed by atoms with Crippen LogP contribution in [0.15, 0.2) is 24.3 Å². The molecule has 1 aliphatic heterocycles. The van der Waals surface area contributed by atoms with E-state index < -0.39 is 0 Å². The van der Waals surface area contributed by atoms with Crippen molar-refractivity contribution in [1.82, 2.24) is 5.32 Å². The van der Waals surface area contributed by atoms with Crippen molar-refractivity contribution >= 4 is 17.4 Å². The van der Waals surface area contributed by atoms with Crippen molar-refractivity contribution in [3.8, 4) is 0 Å². The highest BCUT2D eigenvalue weighted by molar-refractivity contribution is 7.98. The summed E-state index contributed by atoms with van der Waals surface area (Å²) >= 11 is 1.95. The molecule has 20 heavy (non-hydrogen) atoms. The molecule has 1 aromatic rings. The first kappa shape index (κ1) is 15.7. The fraction of sp³-hybridized carbons (Fsp3) is 0.647. The highest BCUT2D eigenvalue weighted by atomic mass is 32.2. The Labute approximate surface area is 128 Å². The maximum absolute atomic E-state index is 3.76. The Hall–Kier alpha value is -0.670. The van der Waals surface area contributed by atoms with Crippen LogP contribution < -0.4 is 10.2 Å². The Morgan fingerprint density at radius 1 is 1.40 bits per heavy atom. The largest absolute Gasteiger partial charge is 0.370 e. The van der Waals surface area contributed by atoms with Crippen molar-refractivity contribution in [3.63, 3.8) is 0 Å². The molecule has 1 N–H and O–H groups in total. The average molecular weight is 292 g/mol. The zero-order valence-corrected chi connectivity index (χ0v) is 13.9. The third-order valence-corrected chi connectivity index (χ3v) is 5.11. The molecule has 0 amide bonds. The van der Waals surface area contributed by atoms with Crippen LogP contribution in [0.5, 0.6) is 0 Å². The first-order chi connectivity index (χ1) is 9.76. The van der Waals surface area contributed by atoms with Gasteiger partial charge in [-0.3, -0.25) is 0 Å². The summed E-state index contributed by atoms with van der Waals surface area (Å²) in [4.78, 5) is 2.60. The number of anilines is 1. The minimum absolute atomic E-state index is 0.599. The summed E-state index contributed by atoms with van der Waals surface area (Å²) in [6.07, 6.45) is 4.70. The van der Waals surface area contributed by atoms with Crippen molar-refractivity contribution < 1.29 is 0 Å². The number of para-hydroxylation sites is 1. The second-order valence-corrected chi connectivity index (χ2v) is 6.78. The smallest absolute Gasteiger partial charge is 0.0412 e. The van der Waals surface area contributed by atoms with Gasteiger partial charge in [-0.1, -0.05) is 38.5 Å². The summed E-state index contributed by atoms with van der Waals surface area (Å²) in [6.45, 7) is 7.98. The Morgan fingerprint density at radius 3 is 2.95 bits per heavy atom. The first-order valence-electron chi connectivity index (χ1n) is 7.81. The van der Waals surface area contributed by atoms with Crippen LogP contribution >= 0.6 is 11.8 Å². The van der Waals surface area contributed by atoms with Gasteiger partial charge in [-0.15, -0.1) is 0 Å². The molecule has 0 bridgehead atoms. The number of thioether (sulfide) groups is 1. The molecule has 2 nitrogen and oxygen atoms in total. The van der Waals surface area contributed by atoms with Gasteiger partial charge >= 0.3 is 0 Å². The molecule has 0 saturated carbocycles. The highest BCUT2D eigenvalue weighted by Crippen LogP contribution is 2.25. The highest BCUT2D eigenvalue weighted by Gasteiger charge is 2.23. The van der Waals surface area contributed by atoms with Gasteiger partial charge in [0.2, 0.25) is 0 Å². The Balaban J connectivity index is 2.14. The number of nitrogens with zero attached hydrogens (tertiary/aromatic N) is 1. The van der Waals surface area contributed by atoms with Crippen molar-refractivity contribution in [2.24, 2.45) is 5.92 Å². The number of nitrogens with one attached hydrogen (secondary N) is 1. The van der Waals surface area contributed by atoms with E-state index in [1.54, 1.807) is 0 Å². The standard InChI is InChI=1S/C17H28N2S/c1-4-14(2)16-13-19(10-7-11-20-3)17-9-6-5-8-15(17)12-18-16/h5-6,8-9,14,16,18H,4,7,10-13H2,1-3H3. The van der Waals surface area contributed by atoms with E-state index in [-0.39, 0.29) is 0 Å². The van der Waals surface area contributed by atoms with E-state index in [1.807, 2.05) is 11.8 Å². The van der Waals surface area contributed by atoms with Gasteiger partial charge in [0.1, 0.15) is 0 Å². The topological polar surface area (TPSA) is 15.3 Å². The van der Waals surface area contributed by atoms with Crippen LogP contribution in [0.25, 0.3) is 0 Å². The van der Waals surface area contributed by atoms with Crippen LogP contribution in [-0.2, 0) is 6.54 Å². The van der Waals surface area contributed by atoms with E-state index in [0.717, 1.165) is 19.0 Å². The minimum atomic E-state index is 0.599. The molecule has 0 aliphatic carbocycles. The van der Waals surface area contributed by atoms with Crippen LogP contribution in [0.1, 0.15) is 32.3 Å². The van der Waals surface area contributed by atoms with E-state index in [1.165, 1.54) is 36.4 Å². The summed E-state index contributed by atoms with van der Waals surface area (Å²) in [6, 6.07) is 9.48. The summed E-state index contributed by atoms with van der Waals surface area (Å²) in [5.74, 6) is 1.98. The van der Waals surface area contributed by atoms with Crippen LogP contribution in [-0.4, -0.2) is 31.1 Å². The van der Waals surface area contributed by atoms with Gasteiger partial charge in [0.05, 0.1) is 0 Å². The molecule has 112 valence electrons. The van der Waals surface area contributed by atoms with Crippen LogP contribution in [0.4, 0.5) is 5.69 Å². The molecule has 2 unspecified atom stereocenters. The minimum Gasteiger partial charge on any atom is -0.370 e. The van der Waals surface area contributed by atoms with Gasteiger partial charge in [0.25, 0.3) is 0 Å². The normalized spacial score (nSPS) is 20.4. The van der Waals surface area contributed by atoms with Gasteiger partial charge in [-0.2, -0.15) is 11.8 Å². The Bertz CT molecular complexity index is 408. The number of rotatable bonds is 6. The molecule has 0 spiro atoms. The van der Waals surface area contributed by atoms with E-state index in [2.05, 4.69) is 54.6 Å². The zero-order valence-electron chi connectivity index (χ0n) is 13.1. The lowest BCUT2D eigenvalue weighted by Crippen LogP contribution is -2.42. The zero-order chi connectivity index (χ0) is 14.4. The fourth-order valence-corrected chi connectivity index (χ4v) is 3.31. The summed E-state index contributed by atoms with van der Waals surface area (Å²) in [5, 5.41) is 3.76. The van der Waals surface area contributed by atoms with Gasteiger partial charge in [-0.25, -0.2) is 0 Å². The first-order valence-corrected chi connectivity index (χ1v) is 9.20. The summed E-state index contributed by atoms with van der Waals surface area (Å²) < 4.78 is 0. The maximum Gasteiger partial charge on any atom is 0.0412 e. The van der Waals surface area contributed by atoms with Crippen molar-refractivity contribution in [1.29, 1.82) is 0 Å². The van der Waals surface area contributed by atoms with E-state index in [9.17, 15) is 0 Å². The molecule has 2 rings (SSSR count). The van der Waals surface area contributed by atoms with Crippen LogP contribution in [0.3, 0.4) is 0 Å². The Kier molecular flexibility index (Phi) is 6.24. The van der Waals surface area contributed by atoms with Gasteiger partial charge in [-0.05, 0) is 36.0 Å². The van der Waals surface area contributed by atoms with E-state index in [4.69, 9.17) is 0 Å². The molecule has 1 heterocycles. The second-order valence-electron chi connectivity index (χ2n) is 5.79. The third kappa shape index (κ3) is 3.92. The fourth-order valence-electron chi connectivity index (χ4n) is 2.89. The Morgan fingerprint density at radius 2 is 2.20 bits per heavy atom. The molecular formula is C17H28N2S. The summed E-state index contributed by atoms with van der Waals surface area (Å²) in [5.41, 5.74) is 2.88. The lowest BCUT2D eigenvalue weighted by Gasteiger charge is -2.30. The lowest BCUT2D eigenvalue weighted by molar-refractivity contribution is 0.371.